The number of aromatic nitrogens is 3. The minimum Gasteiger partial charge on any atom is -0.348 e. The lowest BCUT2D eigenvalue weighted by Crippen LogP contribution is -2.05. The summed E-state index contributed by atoms with van der Waals surface area (Å²) in [5, 5.41) is 6.59. The van der Waals surface area contributed by atoms with Gasteiger partial charge in [0.1, 0.15) is 0 Å². The van der Waals surface area contributed by atoms with Crippen LogP contribution in [0.2, 0.25) is 0 Å². The third kappa shape index (κ3) is 0.970. The molecule has 0 radical (unpaired) electrons. The third-order valence-electron chi connectivity index (χ3n) is 1.42. The van der Waals surface area contributed by atoms with E-state index in [0.717, 1.165) is 10.1 Å². The van der Waals surface area contributed by atoms with Crippen molar-refractivity contribution in [3.63, 3.8) is 0 Å². The number of hydrogen-bond donors (Lipinski definition) is 2. The van der Waals surface area contributed by atoms with Crippen LogP contribution < -0.4 is 5.56 Å². The molecule has 0 saturated carbocycles. The molecule has 2 aromatic heterocycles. The molecule has 2 heterocycles. The van der Waals surface area contributed by atoms with Gasteiger partial charge in [0, 0.05) is 0 Å². The first kappa shape index (κ1) is 6.60. The number of halogens is 1. The quantitative estimate of drug-likeness (QED) is 0.687. The molecule has 0 spiro atoms. The zero-order chi connectivity index (χ0) is 7.84. The molecule has 2 rings (SSSR count). The molecule has 0 amide bonds. The van der Waals surface area contributed by atoms with Crippen molar-refractivity contribution in [2.75, 3.05) is 0 Å². The second kappa shape index (κ2) is 2.20. The van der Waals surface area contributed by atoms with Crippen LogP contribution in [0.5, 0.6) is 0 Å². The van der Waals surface area contributed by atoms with E-state index in [9.17, 15) is 4.79 Å². The summed E-state index contributed by atoms with van der Waals surface area (Å²) < 4.78 is 0.783. The lowest BCUT2D eigenvalue weighted by molar-refractivity contribution is 1.01. The maximum Gasteiger partial charge on any atom is 0.273 e. The van der Waals surface area contributed by atoms with Gasteiger partial charge in [0.2, 0.25) is 0 Å². The minimum atomic E-state index is -0.176. The van der Waals surface area contributed by atoms with Gasteiger partial charge in [0.05, 0.1) is 21.7 Å². The molecule has 2 N–H and O–H groups in total. The van der Waals surface area contributed by atoms with E-state index >= 15 is 0 Å². The predicted octanol–water partition coefficient (Wildman–Crippen LogP) is 1.01. The summed E-state index contributed by atoms with van der Waals surface area (Å²) in [6.07, 6.45) is 1.57. The van der Waals surface area contributed by atoms with Crippen LogP contribution in [0.1, 0.15) is 0 Å². The summed E-state index contributed by atoms with van der Waals surface area (Å²) in [6.45, 7) is 0. The zero-order valence-corrected chi connectivity index (χ0v) is 6.97. The highest BCUT2D eigenvalue weighted by Crippen LogP contribution is 2.13. The Kier molecular flexibility index (Phi) is 1.32. The van der Waals surface area contributed by atoms with Crippen LogP contribution in [0, 0.1) is 0 Å². The standard InChI is InChI=1S/C6H4BrN3O/c7-5-1-3-4(9-5)2-8-10-6(3)11/h1-2,9H,(H,10,11). The van der Waals surface area contributed by atoms with Crippen molar-refractivity contribution in [1.82, 2.24) is 15.2 Å². The van der Waals surface area contributed by atoms with Crippen molar-refractivity contribution in [2.45, 2.75) is 0 Å². The second-order valence-corrected chi connectivity index (χ2v) is 3.00. The number of rotatable bonds is 0. The number of hydrogen-bond acceptors (Lipinski definition) is 2. The Hall–Kier alpha value is -1.10. The Morgan fingerprint density at radius 2 is 2.36 bits per heavy atom. The monoisotopic (exact) mass is 213 g/mol. The molecule has 0 aliphatic heterocycles. The smallest absolute Gasteiger partial charge is 0.273 e. The lowest BCUT2D eigenvalue weighted by Gasteiger charge is -1.83. The van der Waals surface area contributed by atoms with Crippen LogP contribution >= 0.6 is 15.9 Å². The Morgan fingerprint density at radius 1 is 1.55 bits per heavy atom. The van der Waals surface area contributed by atoms with Crippen molar-refractivity contribution in [3.8, 4) is 0 Å². The van der Waals surface area contributed by atoms with E-state index in [2.05, 4.69) is 31.1 Å². The molecule has 56 valence electrons. The second-order valence-electron chi connectivity index (χ2n) is 2.14. The van der Waals surface area contributed by atoms with Gasteiger partial charge in [-0.2, -0.15) is 5.10 Å². The van der Waals surface area contributed by atoms with E-state index in [1.807, 2.05) is 0 Å². The first-order valence-electron chi connectivity index (χ1n) is 2.99. The van der Waals surface area contributed by atoms with Crippen LogP contribution in [0.15, 0.2) is 21.7 Å². The fraction of sp³-hybridized carbons (Fsp3) is 0. The molecule has 4 nitrogen and oxygen atoms in total. The van der Waals surface area contributed by atoms with Crippen molar-refractivity contribution in [3.05, 3.63) is 27.2 Å². The van der Waals surface area contributed by atoms with Crippen LogP contribution in [-0.4, -0.2) is 15.2 Å². The normalized spacial score (nSPS) is 10.6. The van der Waals surface area contributed by atoms with Crippen molar-refractivity contribution >= 4 is 26.8 Å². The van der Waals surface area contributed by atoms with E-state index < -0.39 is 0 Å². The molecule has 0 aliphatic rings. The van der Waals surface area contributed by atoms with Gasteiger partial charge in [-0.05, 0) is 22.0 Å². The van der Waals surface area contributed by atoms with E-state index in [1.165, 1.54) is 0 Å². The Balaban J connectivity index is 3.02. The zero-order valence-electron chi connectivity index (χ0n) is 5.39. The van der Waals surface area contributed by atoms with Crippen LogP contribution in [0.25, 0.3) is 10.9 Å². The predicted molar refractivity (Wildman–Crippen MR) is 44.4 cm³/mol. The molecule has 0 unspecified atom stereocenters. The van der Waals surface area contributed by atoms with E-state index in [0.29, 0.717) is 5.39 Å². The largest absolute Gasteiger partial charge is 0.348 e. The fourth-order valence-corrected chi connectivity index (χ4v) is 1.38. The van der Waals surface area contributed by atoms with Crippen molar-refractivity contribution < 1.29 is 0 Å². The molecule has 0 saturated heterocycles. The summed E-state index contributed by atoms with van der Waals surface area (Å²) in [5.41, 5.74) is 0.560. The van der Waals surface area contributed by atoms with Gasteiger partial charge in [0.15, 0.2) is 0 Å². The summed E-state index contributed by atoms with van der Waals surface area (Å²) in [7, 11) is 0. The molecule has 2 aromatic rings. The van der Waals surface area contributed by atoms with Gasteiger partial charge in [0.25, 0.3) is 5.56 Å². The molecule has 0 bridgehead atoms. The number of fused-ring (bicyclic) bond motifs is 1. The van der Waals surface area contributed by atoms with E-state index in [4.69, 9.17) is 0 Å². The van der Waals surface area contributed by atoms with E-state index in [1.54, 1.807) is 12.3 Å². The molecular formula is C6H4BrN3O. The molecule has 11 heavy (non-hydrogen) atoms. The maximum absolute atomic E-state index is 11.0. The fourth-order valence-electron chi connectivity index (χ4n) is 0.942. The maximum atomic E-state index is 11.0. The molecule has 0 aliphatic carbocycles. The Bertz CT molecular complexity index is 444. The van der Waals surface area contributed by atoms with Gasteiger partial charge < -0.3 is 4.98 Å². The average molecular weight is 214 g/mol. The highest BCUT2D eigenvalue weighted by Gasteiger charge is 2.00. The highest BCUT2D eigenvalue weighted by molar-refractivity contribution is 9.10. The number of aromatic amines is 2. The number of nitrogens with one attached hydrogen (secondary N) is 2. The molecular weight excluding hydrogens is 210 g/mol. The first-order chi connectivity index (χ1) is 5.27. The van der Waals surface area contributed by atoms with Gasteiger partial charge in [-0.3, -0.25) is 4.79 Å². The van der Waals surface area contributed by atoms with Gasteiger partial charge in [-0.1, -0.05) is 0 Å². The first-order valence-corrected chi connectivity index (χ1v) is 3.78. The lowest BCUT2D eigenvalue weighted by atomic mass is 10.4. The Morgan fingerprint density at radius 3 is 3.09 bits per heavy atom. The SMILES string of the molecule is O=c1[nH]ncc2[nH]c(Br)cc12. The minimum absolute atomic E-state index is 0.176. The van der Waals surface area contributed by atoms with Crippen LogP contribution in [0.4, 0.5) is 0 Å². The molecule has 0 aromatic carbocycles. The van der Waals surface area contributed by atoms with Gasteiger partial charge in [-0.25, -0.2) is 5.10 Å². The number of nitrogens with zero attached hydrogens (tertiary/aromatic N) is 1. The van der Waals surface area contributed by atoms with Gasteiger partial charge in [-0.15, -0.1) is 0 Å². The summed E-state index contributed by atoms with van der Waals surface area (Å²) in [6, 6.07) is 1.72. The molecule has 0 atom stereocenters. The van der Waals surface area contributed by atoms with Crippen molar-refractivity contribution in [1.29, 1.82) is 0 Å². The topological polar surface area (TPSA) is 61.5 Å². The van der Waals surface area contributed by atoms with Crippen LogP contribution in [0.3, 0.4) is 0 Å². The summed E-state index contributed by atoms with van der Waals surface area (Å²) >= 11 is 3.22. The highest BCUT2D eigenvalue weighted by atomic mass is 79.9. The average Bonchev–Trinajstić information content (AvgIpc) is 2.31. The van der Waals surface area contributed by atoms with Gasteiger partial charge >= 0.3 is 0 Å². The number of H-pyrrole nitrogens is 2. The van der Waals surface area contributed by atoms with E-state index in [-0.39, 0.29) is 5.56 Å². The third-order valence-corrected chi connectivity index (χ3v) is 1.85. The van der Waals surface area contributed by atoms with Crippen LogP contribution in [-0.2, 0) is 0 Å². The summed E-state index contributed by atoms with van der Waals surface area (Å²) in [4.78, 5) is 14.0. The molecule has 5 heteroatoms. The molecule has 0 fully saturated rings. The van der Waals surface area contributed by atoms with Crippen molar-refractivity contribution in [2.24, 2.45) is 0 Å². The Labute approximate surface area is 69.8 Å². The summed E-state index contributed by atoms with van der Waals surface area (Å²) in [5.74, 6) is 0.